The average molecular weight is 460 g/mol. The second-order valence-corrected chi connectivity index (χ2v) is 9.00. The summed E-state index contributed by atoms with van der Waals surface area (Å²) in [6.45, 7) is 1.62. The molecule has 2 aliphatic rings. The monoisotopic (exact) mass is 459 g/mol. The number of ether oxygens (including phenoxy) is 3. The molecule has 2 heterocycles. The molecule has 1 saturated heterocycles. The third-order valence-electron chi connectivity index (χ3n) is 5.74. The number of aryl methyl sites for hydroxylation is 1. The number of rotatable bonds is 9. The van der Waals surface area contributed by atoms with Gasteiger partial charge in [-0.25, -0.2) is 0 Å². The molecule has 1 aliphatic carbocycles. The molecule has 0 saturated carbocycles. The molecule has 1 aliphatic heterocycles. The number of hydrogen-bond acceptors (Lipinski definition) is 7. The molecule has 0 unspecified atom stereocenters. The van der Waals surface area contributed by atoms with Crippen LogP contribution in [0.25, 0.3) is 0 Å². The Morgan fingerprint density at radius 2 is 2.03 bits per heavy atom. The maximum atomic E-state index is 13.3. The van der Waals surface area contributed by atoms with Crippen molar-refractivity contribution >= 4 is 33.8 Å². The minimum absolute atomic E-state index is 0.168. The van der Waals surface area contributed by atoms with Crippen molar-refractivity contribution in [2.24, 2.45) is 0 Å². The van der Waals surface area contributed by atoms with E-state index >= 15 is 0 Å². The molecule has 2 aromatic rings. The predicted molar refractivity (Wildman–Crippen MR) is 124 cm³/mol. The topological polar surface area (TPSA) is 97.9 Å². The van der Waals surface area contributed by atoms with Gasteiger partial charge in [0.1, 0.15) is 16.5 Å². The fourth-order valence-electron chi connectivity index (χ4n) is 4.14. The lowest BCUT2D eigenvalue weighted by Crippen LogP contribution is -2.33. The van der Waals surface area contributed by atoms with Gasteiger partial charge in [-0.05, 0) is 49.8 Å². The number of carbonyl (C=O) groups is 2. The van der Waals surface area contributed by atoms with Crippen LogP contribution in [0.4, 0.5) is 10.7 Å². The van der Waals surface area contributed by atoms with Crippen LogP contribution in [0.3, 0.4) is 0 Å². The smallest absolute Gasteiger partial charge is 0.259 e. The molecule has 0 spiro atoms. The second kappa shape index (κ2) is 10.3. The fourth-order valence-corrected chi connectivity index (χ4v) is 5.44. The van der Waals surface area contributed by atoms with Crippen molar-refractivity contribution in [1.29, 1.82) is 0 Å². The zero-order valence-electron chi connectivity index (χ0n) is 18.4. The van der Waals surface area contributed by atoms with Crippen molar-refractivity contribution < 1.29 is 23.8 Å². The Hall–Kier alpha value is -2.62. The maximum absolute atomic E-state index is 13.3. The lowest BCUT2D eigenvalue weighted by molar-refractivity contribution is -0.115. The Labute approximate surface area is 191 Å². The minimum atomic E-state index is -0.254. The molecular formula is C23H29N3O5S. The zero-order valence-corrected chi connectivity index (χ0v) is 19.2. The van der Waals surface area contributed by atoms with Crippen LogP contribution in [0, 0.1) is 0 Å². The number of anilines is 2. The van der Waals surface area contributed by atoms with Crippen LogP contribution in [0.2, 0.25) is 0 Å². The molecule has 2 amide bonds. The van der Waals surface area contributed by atoms with Gasteiger partial charge < -0.3 is 30.2 Å². The Kier molecular flexibility index (Phi) is 7.29. The fraction of sp³-hybridized carbons (Fsp3) is 0.478. The van der Waals surface area contributed by atoms with Gasteiger partial charge in [-0.3, -0.25) is 9.59 Å². The van der Waals surface area contributed by atoms with E-state index in [0.29, 0.717) is 34.3 Å². The molecule has 8 nitrogen and oxygen atoms in total. The third kappa shape index (κ3) is 5.06. The van der Waals surface area contributed by atoms with Crippen LogP contribution in [0.1, 0.15) is 40.1 Å². The molecule has 1 aromatic heterocycles. The largest absolute Gasteiger partial charge is 0.497 e. The number of fused-ring (bicyclic) bond motifs is 1. The number of benzene rings is 1. The molecule has 172 valence electrons. The highest BCUT2D eigenvalue weighted by Crippen LogP contribution is 2.40. The van der Waals surface area contributed by atoms with Gasteiger partial charge in [0.25, 0.3) is 5.91 Å². The highest BCUT2D eigenvalue weighted by Gasteiger charge is 2.28. The van der Waals surface area contributed by atoms with E-state index in [2.05, 4.69) is 16.0 Å². The van der Waals surface area contributed by atoms with Crippen molar-refractivity contribution in [2.45, 2.75) is 38.2 Å². The predicted octanol–water partition coefficient (Wildman–Crippen LogP) is 3.21. The van der Waals surface area contributed by atoms with Crippen molar-refractivity contribution in [3.63, 3.8) is 0 Å². The molecule has 1 atom stereocenters. The lowest BCUT2D eigenvalue weighted by Gasteiger charge is -2.14. The molecule has 4 rings (SSSR count). The zero-order chi connectivity index (χ0) is 22.5. The first-order valence-electron chi connectivity index (χ1n) is 10.9. The van der Waals surface area contributed by atoms with Crippen molar-refractivity contribution in [1.82, 2.24) is 5.32 Å². The lowest BCUT2D eigenvalue weighted by atomic mass is 10.1. The molecule has 0 bridgehead atoms. The van der Waals surface area contributed by atoms with Crippen LogP contribution >= 0.6 is 11.3 Å². The van der Waals surface area contributed by atoms with E-state index in [1.807, 2.05) is 0 Å². The Bertz CT molecular complexity index is 984. The average Bonchev–Trinajstić information content (AvgIpc) is 3.52. The minimum Gasteiger partial charge on any atom is -0.497 e. The van der Waals surface area contributed by atoms with Crippen molar-refractivity contribution in [2.75, 3.05) is 44.5 Å². The van der Waals surface area contributed by atoms with Crippen LogP contribution in [-0.4, -0.2) is 51.8 Å². The number of thiophene rings is 1. The van der Waals surface area contributed by atoms with E-state index in [1.54, 1.807) is 32.4 Å². The maximum Gasteiger partial charge on any atom is 0.259 e. The summed E-state index contributed by atoms with van der Waals surface area (Å²) in [5.74, 6) is 0.725. The second-order valence-electron chi connectivity index (χ2n) is 7.90. The summed E-state index contributed by atoms with van der Waals surface area (Å²) in [4.78, 5) is 27.0. The number of amides is 2. The first-order valence-corrected chi connectivity index (χ1v) is 11.7. The summed E-state index contributed by atoms with van der Waals surface area (Å²) in [5, 5.41) is 9.64. The molecule has 0 radical (unpaired) electrons. The van der Waals surface area contributed by atoms with Crippen LogP contribution in [0.5, 0.6) is 11.5 Å². The first-order chi connectivity index (χ1) is 15.6. The van der Waals surface area contributed by atoms with Gasteiger partial charge in [0.05, 0.1) is 38.1 Å². The van der Waals surface area contributed by atoms with Gasteiger partial charge in [-0.1, -0.05) is 0 Å². The SMILES string of the molecule is COc1ccc(NC(=O)c2c(NC(=O)CNC[C@H]3CCCO3)sc3c2CCC3)c(OC)c1. The van der Waals surface area contributed by atoms with Crippen LogP contribution < -0.4 is 25.4 Å². The molecule has 9 heteroatoms. The quantitative estimate of drug-likeness (QED) is 0.533. The normalized spacial score (nSPS) is 17.1. The highest BCUT2D eigenvalue weighted by atomic mass is 32.1. The number of methoxy groups -OCH3 is 2. The Morgan fingerprint density at radius 1 is 1.16 bits per heavy atom. The molecule has 3 N–H and O–H groups in total. The number of nitrogens with one attached hydrogen (secondary N) is 3. The summed E-state index contributed by atoms with van der Waals surface area (Å²) in [6, 6.07) is 5.23. The van der Waals surface area contributed by atoms with E-state index in [-0.39, 0.29) is 24.5 Å². The molecular weight excluding hydrogens is 430 g/mol. The van der Waals surface area contributed by atoms with Crippen LogP contribution in [-0.2, 0) is 22.4 Å². The Balaban J connectivity index is 1.46. The standard InChI is InChI=1S/C23H29N3O5S/c1-29-14-8-9-17(18(11-14)30-2)25-22(28)21-16-6-3-7-19(16)32-23(21)26-20(27)13-24-12-15-5-4-10-31-15/h8-9,11,15,24H,3-7,10,12-13H2,1-2H3,(H,25,28)(H,26,27)/t15-/m1/s1. The van der Waals surface area contributed by atoms with E-state index in [9.17, 15) is 9.59 Å². The van der Waals surface area contributed by atoms with E-state index in [1.165, 1.54) is 16.2 Å². The van der Waals surface area contributed by atoms with Crippen LogP contribution in [0.15, 0.2) is 18.2 Å². The number of carbonyl (C=O) groups excluding carboxylic acids is 2. The van der Waals surface area contributed by atoms with Gasteiger partial charge >= 0.3 is 0 Å². The summed E-state index contributed by atoms with van der Waals surface area (Å²) >= 11 is 1.49. The summed E-state index contributed by atoms with van der Waals surface area (Å²) in [7, 11) is 3.12. The summed E-state index contributed by atoms with van der Waals surface area (Å²) in [6.07, 6.45) is 5.04. The van der Waals surface area contributed by atoms with E-state index in [4.69, 9.17) is 14.2 Å². The first kappa shape index (κ1) is 22.6. The highest BCUT2D eigenvalue weighted by molar-refractivity contribution is 7.17. The number of hydrogen-bond donors (Lipinski definition) is 3. The van der Waals surface area contributed by atoms with Gasteiger partial charge in [0.2, 0.25) is 5.91 Å². The molecule has 32 heavy (non-hydrogen) atoms. The van der Waals surface area contributed by atoms with Crippen molar-refractivity contribution in [3.05, 3.63) is 34.2 Å². The van der Waals surface area contributed by atoms with E-state index in [0.717, 1.165) is 44.3 Å². The summed E-state index contributed by atoms with van der Waals surface area (Å²) in [5.41, 5.74) is 2.13. The molecule has 1 aromatic carbocycles. The third-order valence-corrected chi connectivity index (χ3v) is 6.95. The molecule has 1 fully saturated rings. The van der Waals surface area contributed by atoms with Gasteiger partial charge in [0, 0.05) is 24.1 Å². The van der Waals surface area contributed by atoms with Gasteiger partial charge in [0.15, 0.2) is 0 Å². The summed E-state index contributed by atoms with van der Waals surface area (Å²) < 4.78 is 16.2. The van der Waals surface area contributed by atoms with E-state index < -0.39 is 0 Å². The Morgan fingerprint density at radius 3 is 2.78 bits per heavy atom. The van der Waals surface area contributed by atoms with Crippen molar-refractivity contribution in [3.8, 4) is 11.5 Å². The van der Waals surface area contributed by atoms with Gasteiger partial charge in [-0.15, -0.1) is 11.3 Å². The van der Waals surface area contributed by atoms with Gasteiger partial charge in [-0.2, -0.15) is 0 Å².